The van der Waals surface area contributed by atoms with Crippen molar-refractivity contribution in [3.8, 4) is 0 Å². The highest BCUT2D eigenvalue weighted by Gasteiger charge is 2.34. The SMILES string of the molecule is Cn1cc(N2CC[C@@H](NC(=O)c3cc(C(=O)O)co3)C2=O)cn1. The van der Waals surface area contributed by atoms with Crippen molar-refractivity contribution in [2.24, 2.45) is 7.05 Å². The molecule has 2 amide bonds. The van der Waals surface area contributed by atoms with E-state index in [4.69, 9.17) is 9.52 Å². The van der Waals surface area contributed by atoms with E-state index in [0.29, 0.717) is 18.7 Å². The number of nitrogens with one attached hydrogen (secondary N) is 1. The Labute approximate surface area is 130 Å². The molecule has 1 saturated heterocycles. The lowest BCUT2D eigenvalue weighted by Crippen LogP contribution is -2.41. The van der Waals surface area contributed by atoms with E-state index in [1.165, 1.54) is 0 Å². The molecular weight excluding hydrogens is 304 g/mol. The third kappa shape index (κ3) is 2.80. The Balaban J connectivity index is 1.67. The third-order valence-electron chi connectivity index (χ3n) is 3.58. The van der Waals surface area contributed by atoms with Gasteiger partial charge in [-0.3, -0.25) is 14.3 Å². The van der Waals surface area contributed by atoms with Gasteiger partial charge < -0.3 is 19.7 Å². The lowest BCUT2D eigenvalue weighted by molar-refractivity contribution is -0.118. The summed E-state index contributed by atoms with van der Waals surface area (Å²) in [6, 6.07) is 0.441. The molecule has 0 spiro atoms. The maximum absolute atomic E-state index is 12.3. The van der Waals surface area contributed by atoms with Crippen LogP contribution in [0.2, 0.25) is 0 Å². The quantitative estimate of drug-likeness (QED) is 0.834. The number of aromatic carboxylic acids is 1. The fourth-order valence-electron chi connectivity index (χ4n) is 2.41. The zero-order valence-electron chi connectivity index (χ0n) is 12.2. The monoisotopic (exact) mass is 318 g/mol. The lowest BCUT2D eigenvalue weighted by Gasteiger charge is -2.14. The second kappa shape index (κ2) is 5.59. The highest BCUT2D eigenvalue weighted by atomic mass is 16.4. The average molecular weight is 318 g/mol. The summed E-state index contributed by atoms with van der Waals surface area (Å²) in [4.78, 5) is 36.7. The molecule has 2 N–H and O–H groups in total. The number of nitrogens with zero attached hydrogens (tertiary/aromatic N) is 3. The maximum Gasteiger partial charge on any atom is 0.338 e. The molecule has 23 heavy (non-hydrogen) atoms. The van der Waals surface area contributed by atoms with Gasteiger partial charge in [-0.05, 0) is 6.42 Å². The van der Waals surface area contributed by atoms with Crippen molar-refractivity contribution in [2.75, 3.05) is 11.4 Å². The molecule has 0 aromatic carbocycles. The Bertz CT molecular complexity index is 778. The van der Waals surface area contributed by atoms with Gasteiger partial charge in [0.15, 0.2) is 5.76 Å². The summed E-state index contributed by atoms with van der Waals surface area (Å²) in [6.07, 6.45) is 4.73. The van der Waals surface area contributed by atoms with E-state index in [0.717, 1.165) is 12.3 Å². The van der Waals surface area contributed by atoms with Crippen molar-refractivity contribution < 1.29 is 23.9 Å². The van der Waals surface area contributed by atoms with Crippen LogP contribution in [0.4, 0.5) is 5.69 Å². The van der Waals surface area contributed by atoms with Crippen LogP contribution >= 0.6 is 0 Å². The van der Waals surface area contributed by atoms with Gasteiger partial charge >= 0.3 is 5.97 Å². The van der Waals surface area contributed by atoms with Crippen LogP contribution in [0.1, 0.15) is 27.3 Å². The molecule has 120 valence electrons. The molecule has 9 heteroatoms. The number of aryl methyl sites for hydroxylation is 1. The number of hydrogen-bond donors (Lipinski definition) is 2. The van der Waals surface area contributed by atoms with Gasteiger partial charge in [0, 0.05) is 25.9 Å². The molecule has 2 aromatic rings. The predicted molar refractivity (Wildman–Crippen MR) is 77.1 cm³/mol. The second-order valence-electron chi connectivity index (χ2n) is 5.18. The van der Waals surface area contributed by atoms with Crippen molar-refractivity contribution in [1.29, 1.82) is 0 Å². The van der Waals surface area contributed by atoms with Crippen LogP contribution in [0.15, 0.2) is 29.1 Å². The summed E-state index contributed by atoms with van der Waals surface area (Å²) in [5.41, 5.74) is 0.547. The van der Waals surface area contributed by atoms with Crippen molar-refractivity contribution in [3.05, 3.63) is 36.0 Å². The van der Waals surface area contributed by atoms with E-state index in [9.17, 15) is 14.4 Å². The number of aromatic nitrogens is 2. The molecule has 2 aromatic heterocycles. The minimum atomic E-state index is -1.19. The summed E-state index contributed by atoms with van der Waals surface area (Å²) in [5, 5.41) is 15.4. The van der Waals surface area contributed by atoms with E-state index in [1.54, 1.807) is 29.0 Å². The zero-order chi connectivity index (χ0) is 16.6. The highest BCUT2D eigenvalue weighted by Crippen LogP contribution is 2.21. The van der Waals surface area contributed by atoms with Gasteiger partial charge in [0.05, 0.1) is 17.4 Å². The first-order chi connectivity index (χ1) is 11.0. The summed E-state index contributed by atoms with van der Waals surface area (Å²) >= 11 is 0. The molecule has 0 unspecified atom stereocenters. The van der Waals surface area contributed by atoms with Crippen LogP contribution in [0, 0.1) is 0 Å². The van der Waals surface area contributed by atoms with E-state index >= 15 is 0 Å². The minimum Gasteiger partial charge on any atom is -0.478 e. The Morgan fingerprint density at radius 2 is 2.26 bits per heavy atom. The van der Waals surface area contributed by atoms with Gasteiger partial charge in [-0.15, -0.1) is 0 Å². The van der Waals surface area contributed by atoms with Crippen LogP contribution in [0.3, 0.4) is 0 Å². The highest BCUT2D eigenvalue weighted by molar-refractivity contribution is 6.03. The van der Waals surface area contributed by atoms with Gasteiger partial charge in [0.25, 0.3) is 5.91 Å². The summed E-state index contributed by atoms with van der Waals surface area (Å²) in [7, 11) is 1.75. The van der Waals surface area contributed by atoms with E-state index in [2.05, 4.69) is 10.4 Å². The largest absolute Gasteiger partial charge is 0.478 e. The molecule has 9 nitrogen and oxygen atoms in total. The summed E-state index contributed by atoms with van der Waals surface area (Å²) in [5.74, 6) is -2.19. The molecule has 1 fully saturated rings. The van der Waals surface area contributed by atoms with E-state index in [-0.39, 0.29) is 17.2 Å². The van der Waals surface area contributed by atoms with Gasteiger partial charge in [-0.25, -0.2) is 4.79 Å². The average Bonchev–Trinajstić information content (AvgIpc) is 3.20. The molecular formula is C14H14N4O5. The van der Waals surface area contributed by atoms with Crippen LogP contribution in [-0.2, 0) is 11.8 Å². The lowest BCUT2D eigenvalue weighted by atomic mass is 10.2. The molecule has 1 aliphatic heterocycles. The molecule has 0 aliphatic carbocycles. The first-order valence-corrected chi connectivity index (χ1v) is 6.88. The summed E-state index contributed by atoms with van der Waals surface area (Å²) < 4.78 is 6.51. The normalized spacial score (nSPS) is 17.5. The van der Waals surface area contributed by atoms with Gasteiger partial charge in [0.2, 0.25) is 5.91 Å². The van der Waals surface area contributed by atoms with Crippen LogP contribution < -0.4 is 10.2 Å². The number of anilines is 1. The number of carbonyl (C=O) groups excluding carboxylic acids is 2. The first kappa shape index (κ1) is 14.8. The standard InChI is InChI=1S/C14H14N4O5/c1-17-6-9(5-15-17)18-3-2-10(13(18)20)16-12(19)11-4-8(7-23-11)14(21)22/h4-7,10H,2-3H2,1H3,(H,16,19)(H,21,22)/t10-/m1/s1. The molecule has 3 rings (SSSR count). The molecule has 0 radical (unpaired) electrons. The molecule has 1 atom stereocenters. The van der Waals surface area contributed by atoms with Crippen molar-refractivity contribution >= 4 is 23.5 Å². The molecule has 1 aliphatic rings. The first-order valence-electron chi connectivity index (χ1n) is 6.88. The van der Waals surface area contributed by atoms with Crippen molar-refractivity contribution in [2.45, 2.75) is 12.5 Å². The number of furan rings is 1. The Kier molecular flexibility index (Phi) is 3.61. The molecule has 3 heterocycles. The van der Waals surface area contributed by atoms with Crippen LogP contribution in [0.5, 0.6) is 0 Å². The maximum atomic E-state index is 12.3. The Hall–Kier alpha value is -3.10. The molecule has 0 bridgehead atoms. The smallest absolute Gasteiger partial charge is 0.338 e. The van der Waals surface area contributed by atoms with Crippen LogP contribution in [0.25, 0.3) is 0 Å². The number of carbonyl (C=O) groups is 3. The zero-order valence-corrected chi connectivity index (χ0v) is 12.2. The number of amides is 2. The Morgan fingerprint density at radius 3 is 2.87 bits per heavy atom. The number of carboxylic acid groups (broad SMARTS) is 1. The van der Waals surface area contributed by atoms with E-state index < -0.39 is 17.9 Å². The fraction of sp³-hybridized carbons (Fsp3) is 0.286. The second-order valence-corrected chi connectivity index (χ2v) is 5.18. The number of rotatable bonds is 4. The molecule has 0 saturated carbocycles. The van der Waals surface area contributed by atoms with E-state index in [1.807, 2.05) is 0 Å². The Morgan fingerprint density at radius 1 is 1.48 bits per heavy atom. The predicted octanol–water partition coefficient (Wildman–Crippen LogP) is 0.247. The number of carboxylic acids is 1. The van der Waals surface area contributed by atoms with Crippen molar-refractivity contribution in [1.82, 2.24) is 15.1 Å². The summed E-state index contributed by atoms with van der Waals surface area (Å²) in [6.45, 7) is 0.466. The topological polar surface area (TPSA) is 118 Å². The number of hydrogen-bond acceptors (Lipinski definition) is 5. The van der Waals surface area contributed by atoms with Crippen LogP contribution in [-0.4, -0.2) is 45.3 Å². The minimum absolute atomic E-state index is 0.120. The van der Waals surface area contributed by atoms with Gasteiger partial charge in [-0.2, -0.15) is 5.10 Å². The van der Waals surface area contributed by atoms with Gasteiger partial charge in [-0.1, -0.05) is 0 Å². The van der Waals surface area contributed by atoms with Gasteiger partial charge in [0.1, 0.15) is 12.3 Å². The van der Waals surface area contributed by atoms with Crippen molar-refractivity contribution in [3.63, 3.8) is 0 Å². The third-order valence-corrected chi connectivity index (χ3v) is 3.58. The fourth-order valence-corrected chi connectivity index (χ4v) is 2.41.